The fourth-order valence-electron chi connectivity index (χ4n) is 1.43. The summed E-state index contributed by atoms with van der Waals surface area (Å²) < 4.78 is 62.9. The normalized spacial score (nSPS) is 11.5. The molecular weight excluding hydrogens is 281 g/mol. The molecule has 0 bridgehead atoms. The van der Waals surface area contributed by atoms with Gasteiger partial charge in [0.15, 0.2) is 21.5 Å². The van der Waals surface area contributed by atoms with E-state index in [4.69, 9.17) is 0 Å². The highest BCUT2D eigenvalue weighted by Gasteiger charge is 2.23. The van der Waals surface area contributed by atoms with Gasteiger partial charge in [-0.1, -0.05) is 0 Å². The molecule has 1 aromatic heterocycles. The van der Waals surface area contributed by atoms with Gasteiger partial charge in [0, 0.05) is 12.3 Å². The molecule has 1 aromatic carbocycles. The Morgan fingerprint density at radius 2 is 1.74 bits per heavy atom. The summed E-state index contributed by atoms with van der Waals surface area (Å²) in [6.45, 7) is 0. The van der Waals surface area contributed by atoms with Gasteiger partial charge in [-0.3, -0.25) is 0 Å². The lowest BCUT2D eigenvalue weighted by Crippen LogP contribution is -2.10. The highest BCUT2D eigenvalue weighted by molar-refractivity contribution is 7.90. The quantitative estimate of drug-likeness (QED) is 0.639. The second-order valence-corrected chi connectivity index (χ2v) is 5.63. The van der Waals surface area contributed by atoms with Crippen molar-refractivity contribution < 1.29 is 21.6 Å². The summed E-state index contributed by atoms with van der Waals surface area (Å²) in [4.78, 5) is -0.906. The maximum absolute atomic E-state index is 13.4. The smallest absolute Gasteiger partial charge is 0.187 e. The van der Waals surface area contributed by atoms with Gasteiger partial charge in [-0.05, 0) is 18.2 Å². The first-order chi connectivity index (χ1) is 8.90. The molecule has 19 heavy (non-hydrogen) atoms. The van der Waals surface area contributed by atoms with E-state index in [1.807, 2.05) is 0 Å². The van der Waals surface area contributed by atoms with E-state index in [0.717, 1.165) is 0 Å². The highest BCUT2D eigenvalue weighted by atomic mass is 32.2. The van der Waals surface area contributed by atoms with Crippen molar-refractivity contribution in [3.05, 3.63) is 53.6 Å². The van der Waals surface area contributed by atoms with Crippen LogP contribution in [0.4, 0.5) is 13.2 Å². The fraction of sp³-hybridized carbons (Fsp3) is 0.0909. The number of halogens is 3. The molecule has 0 amide bonds. The van der Waals surface area contributed by atoms with Gasteiger partial charge >= 0.3 is 0 Å². The van der Waals surface area contributed by atoms with Crippen LogP contribution < -0.4 is 0 Å². The summed E-state index contributed by atoms with van der Waals surface area (Å²) in [7, 11) is -4.17. The largest absolute Gasteiger partial charge is 0.223 e. The van der Waals surface area contributed by atoms with E-state index in [1.54, 1.807) is 0 Å². The van der Waals surface area contributed by atoms with Crippen LogP contribution >= 0.6 is 0 Å². The number of hydrogen-bond acceptors (Lipinski definition) is 4. The van der Waals surface area contributed by atoms with Gasteiger partial charge in [-0.25, -0.2) is 21.6 Å². The zero-order valence-corrected chi connectivity index (χ0v) is 10.2. The first-order valence-corrected chi connectivity index (χ1v) is 6.69. The molecule has 0 spiro atoms. The molecule has 2 rings (SSSR count). The molecule has 0 fully saturated rings. The van der Waals surface area contributed by atoms with Crippen molar-refractivity contribution in [3.63, 3.8) is 0 Å². The Morgan fingerprint density at radius 1 is 1.05 bits per heavy atom. The third-order valence-corrected chi connectivity index (χ3v) is 3.93. The van der Waals surface area contributed by atoms with Gasteiger partial charge in [0.2, 0.25) is 0 Å². The van der Waals surface area contributed by atoms with Crippen LogP contribution in [-0.4, -0.2) is 18.6 Å². The Kier molecular flexibility index (Phi) is 3.52. The molecule has 0 aliphatic rings. The predicted octanol–water partition coefficient (Wildman–Crippen LogP) is 1.87. The third kappa shape index (κ3) is 2.90. The number of hydrogen-bond donors (Lipinski definition) is 0. The lowest BCUT2D eigenvalue weighted by molar-refractivity contribution is 0.482. The molecule has 0 saturated heterocycles. The second kappa shape index (κ2) is 4.96. The topological polar surface area (TPSA) is 59.9 Å². The van der Waals surface area contributed by atoms with Gasteiger partial charge in [-0.15, -0.1) is 0 Å². The lowest BCUT2D eigenvalue weighted by Gasteiger charge is -2.05. The Labute approximate surface area is 106 Å². The van der Waals surface area contributed by atoms with Gasteiger partial charge < -0.3 is 0 Å². The van der Waals surface area contributed by atoms with Gasteiger partial charge in [0.05, 0.1) is 11.4 Å². The zero-order chi connectivity index (χ0) is 14.0. The molecule has 0 N–H and O–H groups in total. The second-order valence-electron chi connectivity index (χ2n) is 3.67. The molecule has 0 aliphatic heterocycles. The van der Waals surface area contributed by atoms with Crippen molar-refractivity contribution in [1.29, 1.82) is 0 Å². The predicted molar refractivity (Wildman–Crippen MR) is 59.2 cm³/mol. The monoisotopic (exact) mass is 288 g/mol. The van der Waals surface area contributed by atoms with Crippen LogP contribution in [0.3, 0.4) is 0 Å². The summed E-state index contributed by atoms with van der Waals surface area (Å²) in [5, 5.41) is 7.01. The van der Waals surface area contributed by atoms with Crippen LogP contribution in [0.25, 0.3) is 0 Å². The van der Waals surface area contributed by atoms with Crippen molar-refractivity contribution in [2.24, 2.45) is 0 Å². The lowest BCUT2D eigenvalue weighted by atomic mass is 10.3. The molecule has 2 aromatic rings. The zero-order valence-electron chi connectivity index (χ0n) is 9.35. The Bertz CT molecular complexity index is 705. The van der Waals surface area contributed by atoms with Crippen LogP contribution in [0.2, 0.25) is 0 Å². The van der Waals surface area contributed by atoms with E-state index in [9.17, 15) is 21.6 Å². The van der Waals surface area contributed by atoms with Crippen molar-refractivity contribution in [2.45, 2.75) is 10.6 Å². The molecule has 100 valence electrons. The number of nitrogens with zero attached hydrogens (tertiary/aromatic N) is 2. The minimum Gasteiger partial charge on any atom is -0.223 e. The maximum atomic E-state index is 13.4. The molecule has 0 radical (unpaired) electrons. The number of benzene rings is 1. The summed E-state index contributed by atoms with van der Waals surface area (Å²) in [5.41, 5.74) is 0.0756. The van der Waals surface area contributed by atoms with Crippen LogP contribution in [-0.2, 0) is 15.6 Å². The van der Waals surface area contributed by atoms with E-state index in [0.29, 0.717) is 6.07 Å². The van der Waals surface area contributed by atoms with Crippen LogP contribution in [0.15, 0.2) is 35.4 Å². The number of rotatable bonds is 3. The minimum atomic E-state index is -4.17. The highest BCUT2D eigenvalue weighted by Crippen LogP contribution is 2.21. The summed E-state index contributed by atoms with van der Waals surface area (Å²) in [5.74, 6) is -4.87. The van der Waals surface area contributed by atoms with Crippen LogP contribution in [0, 0.1) is 17.5 Å². The van der Waals surface area contributed by atoms with Crippen molar-refractivity contribution >= 4 is 9.84 Å². The number of sulfone groups is 1. The van der Waals surface area contributed by atoms with Crippen LogP contribution in [0.5, 0.6) is 0 Å². The average molecular weight is 288 g/mol. The van der Waals surface area contributed by atoms with Gasteiger partial charge in [-0.2, -0.15) is 10.2 Å². The Balaban J connectivity index is 2.43. The van der Waals surface area contributed by atoms with Gasteiger partial charge in [0.25, 0.3) is 0 Å². The molecule has 0 unspecified atom stereocenters. The molecule has 0 aliphatic carbocycles. The van der Waals surface area contributed by atoms with Gasteiger partial charge in [0.1, 0.15) is 10.7 Å². The molecule has 8 heteroatoms. The molecular formula is C11H7F3N2O2S. The molecule has 0 atom stereocenters. The minimum absolute atomic E-state index is 0.0756. The Morgan fingerprint density at radius 3 is 2.37 bits per heavy atom. The summed E-state index contributed by atoms with van der Waals surface area (Å²) in [6, 6.07) is 3.34. The number of aromatic nitrogens is 2. The first-order valence-electron chi connectivity index (χ1n) is 5.04. The molecule has 4 nitrogen and oxygen atoms in total. The van der Waals surface area contributed by atoms with E-state index in [1.165, 1.54) is 18.3 Å². The van der Waals surface area contributed by atoms with Crippen LogP contribution in [0.1, 0.15) is 5.69 Å². The fourth-order valence-corrected chi connectivity index (χ4v) is 2.76. The van der Waals surface area contributed by atoms with Crippen molar-refractivity contribution in [1.82, 2.24) is 10.2 Å². The standard InChI is InChI=1S/C11H7F3N2O2S/c12-8-4-10(14)11(5-9(8)13)19(17,18)6-7-2-1-3-15-16-7/h1-5H,6H2. The van der Waals surface area contributed by atoms with E-state index >= 15 is 0 Å². The third-order valence-electron chi connectivity index (χ3n) is 2.28. The van der Waals surface area contributed by atoms with E-state index < -0.39 is 37.9 Å². The SMILES string of the molecule is O=S(=O)(Cc1cccnn1)c1cc(F)c(F)cc1F. The molecule has 1 heterocycles. The van der Waals surface area contributed by atoms with Crippen molar-refractivity contribution in [2.75, 3.05) is 0 Å². The van der Waals surface area contributed by atoms with E-state index in [-0.39, 0.29) is 11.8 Å². The molecule has 0 saturated carbocycles. The average Bonchev–Trinajstić information content (AvgIpc) is 2.34. The first kappa shape index (κ1) is 13.5. The van der Waals surface area contributed by atoms with E-state index in [2.05, 4.69) is 10.2 Å². The summed E-state index contributed by atoms with van der Waals surface area (Å²) in [6.07, 6.45) is 1.34. The maximum Gasteiger partial charge on any atom is 0.187 e. The summed E-state index contributed by atoms with van der Waals surface area (Å²) >= 11 is 0. The van der Waals surface area contributed by atoms with Crippen molar-refractivity contribution in [3.8, 4) is 0 Å². The Hall–Kier alpha value is -1.96.